The molecule has 0 saturated carbocycles. The number of hydrogen-bond acceptors (Lipinski definition) is 6. The number of nitrogens with one attached hydrogen (secondary N) is 2. The van der Waals surface area contributed by atoms with E-state index in [1.54, 1.807) is 31.2 Å². The Hall–Kier alpha value is -3.86. The van der Waals surface area contributed by atoms with Crippen molar-refractivity contribution >= 4 is 28.5 Å². The third-order valence-electron chi connectivity index (χ3n) is 7.90. The molecule has 1 aliphatic rings. The van der Waals surface area contributed by atoms with Gasteiger partial charge < -0.3 is 25.4 Å². The van der Waals surface area contributed by atoms with Crippen molar-refractivity contribution in [3.05, 3.63) is 83.7 Å². The van der Waals surface area contributed by atoms with Gasteiger partial charge in [-0.1, -0.05) is 54.6 Å². The summed E-state index contributed by atoms with van der Waals surface area (Å²) in [6.45, 7) is 4.04. The average Bonchev–Trinajstić information content (AvgIpc) is 2.99. The molecular formula is C33H41FN4O5. The molecule has 230 valence electrons. The number of aliphatic hydroxyl groups is 1. The fourth-order valence-corrected chi connectivity index (χ4v) is 5.52. The Bertz CT molecular complexity index is 1420. The SMILES string of the molecule is CNC(=O)C(Cc1ccc2ccccc2c1)N1CCN(C(=O)C(Cc2ccc(F)cc2)NC(=O)C(C)(C)O)C(COC)C1. The average molecular weight is 593 g/mol. The Morgan fingerprint density at radius 1 is 1.00 bits per heavy atom. The van der Waals surface area contributed by atoms with Crippen molar-refractivity contribution in [1.29, 1.82) is 0 Å². The number of methoxy groups -OCH3 is 1. The molecule has 0 aromatic heterocycles. The van der Waals surface area contributed by atoms with Crippen molar-refractivity contribution in [3.8, 4) is 0 Å². The number of likely N-dealkylation sites (N-methyl/N-ethyl adjacent to an activating group) is 1. The first-order chi connectivity index (χ1) is 20.5. The van der Waals surface area contributed by atoms with Gasteiger partial charge in [-0.25, -0.2) is 4.39 Å². The van der Waals surface area contributed by atoms with E-state index in [1.807, 2.05) is 30.3 Å². The van der Waals surface area contributed by atoms with E-state index in [-0.39, 0.29) is 24.8 Å². The molecule has 0 radical (unpaired) electrons. The first kappa shape index (κ1) is 32.1. The third kappa shape index (κ3) is 8.16. The van der Waals surface area contributed by atoms with Crippen LogP contribution in [0.4, 0.5) is 4.39 Å². The van der Waals surface area contributed by atoms with E-state index in [9.17, 15) is 23.9 Å². The van der Waals surface area contributed by atoms with Crippen LogP contribution >= 0.6 is 0 Å². The van der Waals surface area contributed by atoms with E-state index in [4.69, 9.17) is 4.74 Å². The number of benzene rings is 3. The minimum atomic E-state index is -1.70. The van der Waals surface area contributed by atoms with Gasteiger partial charge in [0.15, 0.2) is 0 Å². The lowest BCUT2D eigenvalue weighted by atomic mass is 9.98. The molecular weight excluding hydrogens is 551 g/mol. The number of nitrogens with zero attached hydrogens (tertiary/aromatic N) is 2. The number of carbonyl (C=O) groups is 3. The summed E-state index contributed by atoms with van der Waals surface area (Å²) >= 11 is 0. The number of hydrogen-bond donors (Lipinski definition) is 3. The van der Waals surface area contributed by atoms with Crippen molar-refractivity contribution in [1.82, 2.24) is 20.4 Å². The topological polar surface area (TPSA) is 111 Å². The van der Waals surface area contributed by atoms with Gasteiger partial charge in [0.1, 0.15) is 17.5 Å². The van der Waals surface area contributed by atoms with Crippen LogP contribution in [0.2, 0.25) is 0 Å². The van der Waals surface area contributed by atoms with Crippen LogP contribution in [0, 0.1) is 5.82 Å². The fourth-order valence-electron chi connectivity index (χ4n) is 5.52. The normalized spacial score (nSPS) is 17.3. The highest BCUT2D eigenvalue weighted by Crippen LogP contribution is 2.22. The lowest BCUT2D eigenvalue weighted by Crippen LogP contribution is -2.64. The molecule has 3 N–H and O–H groups in total. The maximum absolute atomic E-state index is 14.0. The van der Waals surface area contributed by atoms with E-state index in [0.29, 0.717) is 31.6 Å². The van der Waals surface area contributed by atoms with Crippen LogP contribution in [0.1, 0.15) is 25.0 Å². The van der Waals surface area contributed by atoms with Gasteiger partial charge in [-0.3, -0.25) is 19.3 Å². The molecule has 0 aliphatic carbocycles. The number of halogens is 1. The maximum Gasteiger partial charge on any atom is 0.252 e. The summed E-state index contributed by atoms with van der Waals surface area (Å²) in [6.07, 6.45) is 0.608. The molecule has 1 aliphatic heterocycles. The monoisotopic (exact) mass is 592 g/mol. The predicted octanol–water partition coefficient (Wildman–Crippen LogP) is 2.29. The summed E-state index contributed by atoms with van der Waals surface area (Å²) in [5, 5.41) is 18.0. The molecule has 10 heteroatoms. The highest BCUT2D eigenvalue weighted by atomic mass is 19.1. The molecule has 43 heavy (non-hydrogen) atoms. The van der Waals surface area contributed by atoms with Crippen LogP contribution < -0.4 is 10.6 Å². The van der Waals surface area contributed by atoms with E-state index in [2.05, 4.69) is 27.7 Å². The van der Waals surface area contributed by atoms with Crippen molar-refractivity contribution in [3.63, 3.8) is 0 Å². The third-order valence-corrected chi connectivity index (χ3v) is 7.90. The van der Waals surface area contributed by atoms with Crippen molar-refractivity contribution in [2.45, 2.75) is 50.4 Å². The number of piperazine rings is 1. The first-order valence-corrected chi connectivity index (χ1v) is 14.5. The molecule has 3 amide bonds. The molecule has 3 aromatic carbocycles. The number of amides is 3. The van der Waals surface area contributed by atoms with Gasteiger partial charge in [-0.15, -0.1) is 0 Å². The van der Waals surface area contributed by atoms with Gasteiger partial charge in [0.2, 0.25) is 11.8 Å². The zero-order valence-corrected chi connectivity index (χ0v) is 25.2. The Kier molecular flexibility index (Phi) is 10.5. The quantitative estimate of drug-likeness (QED) is 0.315. The van der Waals surface area contributed by atoms with Gasteiger partial charge in [0.25, 0.3) is 5.91 Å². The Morgan fingerprint density at radius 3 is 2.33 bits per heavy atom. The second-order valence-corrected chi connectivity index (χ2v) is 11.6. The summed E-state index contributed by atoms with van der Waals surface area (Å²) in [7, 11) is 3.17. The number of fused-ring (bicyclic) bond motifs is 1. The smallest absolute Gasteiger partial charge is 0.252 e. The number of carbonyl (C=O) groups excluding carboxylic acids is 3. The zero-order chi connectivity index (χ0) is 31.1. The van der Waals surface area contributed by atoms with Crippen LogP contribution in [-0.4, -0.2) is 96.8 Å². The molecule has 3 unspecified atom stereocenters. The second-order valence-electron chi connectivity index (χ2n) is 11.6. The van der Waals surface area contributed by atoms with Crippen molar-refractivity contribution in [2.75, 3.05) is 40.4 Å². The van der Waals surface area contributed by atoms with Crippen LogP contribution in [0.5, 0.6) is 0 Å². The molecule has 1 saturated heterocycles. The number of ether oxygens (including phenoxy) is 1. The van der Waals surface area contributed by atoms with Crippen LogP contribution in [0.15, 0.2) is 66.7 Å². The van der Waals surface area contributed by atoms with Crippen LogP contribution in [-0.2, 0) is 32.0 Å². The highest BCUT2D eigenvalue weighted by molar-refractivity contribution is 5.91. The Labute approximate surface area is 252 Å². The molecule has 4 rings (SSSR count). The summed E-state index contributed by atoms with van der Waals surface area (Å²) in [6, 6.07) is 18.1. The minimum Gasteiger partial charge on any atom is -0.382 e. The lowest BCUT2D eigenvalue weighted by Gasteiger charge is -2.45. The Morgan fingerprint density at radius 2 is 1.67 bits per heavy atom. The highest BCUT2D eigenvalue weighted by Gasteiger charge is 2.39. The van der Waals surface area contributed by atoms with Gasteiger partial charge in [-0.2, -0.15) is 0 Å². The van der Waals surface area contributed by atoms with Gasteiger partial charge in [-0.05, 0) is 54.3 Å². The minimum absolute atomic E-state index is 0.115. The Balaban J connectivity index is 1.55. The summed E-state index contributed by atoms with van der Waals surface area (Å²) < 4.78 is 19.0. The molecule has 1 heterocycles. The predicted molar refractivity (Wildman–Crippen MR) is 163 cm³/mol. The standard InChI is InChI=1S/C33H41FN4O5/c1-33(2,42)32(41)36-28(18-22-10-13-26(34)14-11-22)31(40)38-16-15-37(20-27(38)21-43-4)29(30(39)35-3)19-23-9-12-24-7-5-6-8-25(24)17-23/h5-14,17,27-29,42H,15-16,18-21H2,1-4H3,(H,35,39)(H,36,41). The fraction of sp³-hybridized carbons (Fsp3) is 0.424. The molecule has 0 bridgehead atoms. The zero-order valence-electron chi connectivity index (χ0n) is 25.2. The molecule has 1 fully saturated rings. The van der Waals surface area contributed by atoms with Crippen LogP contribution in [0.25, 0.3) is 10.8 Å². The number of rotatable bonds is 11. The maximum atomic E-state index is 14.0. The van der Waals surface area contributed by atoms with E-state index < -0.39 is 35.5 Å². The van der Waals surface area contributed by atoms with Gasteiger partial charge in [0, 0.05) is 40.2 Å². The van der Waals surface area contributed by atoms with Crippen molar-refractivity contribution < 1.29 is 28.6 Å². The van der Waals surface area contributed by atoms with Crippen LogP contribution in [0.3, 0.4) is 0 Å². The lowest BCUT2D eigenvalue weighted by molar-refractivity contribution is -0.147. The largest absolute Gasteiger partial charge is 0.382 e. The van der Waals surface area contributed by atoms with E-state index in [1.165, 1.54) is 26.0 Å². The van der Waals surface area contributed by atoms with Crippen molar-refractivity contribution in [2.24, 2.45) is 0 Å². The molecule has 3 aromatic rings. The summed E-state index contributed by atoms with van der Waals surface area (Å²) in [5.41, 5.74) is -0.00860. The molecule has 9 nitrogen and oxygen atoms in total. The van der Waals surface area contributed by atoms with Gasteiger partial charge in [0.05, 0.1) is 18.7 Å². The van der Waals surface area contributed by atoms with E-state index >= 15 is 0 Å². The second kappa shape index (κ2) is 14.1. The van der Waals surface area contributed by atoms with Gasteiger partial charge >= 0.3 is 0 Å². The molecule has 0 spiro atoms. The summed E-state index contributed by atoms with van der Waals surface area (Å²) in [5.74, 6) is -1.55. The summed E-state index contributed by atoms with van der Waals surface area (Å²) in [4.78, 5) is 43.6. The van der Waals surface area contributed by atoms with E-state index in [0.717, 1.165) is 16.3 Å². The first-order valence-electron chi connectivity index (χ1n) is 14.5. The molecule has 3 atom stereocenters.